The molecule has 116 valence electrons. The maximum atomic E-state index is 12.4. The minimum atomic E-state index is -0.702. The fourth-order valence-corrected chi connectivity index (χ4v) is 2.67. The largest absolute Gasteiger partial charge is 0.389 e. The molecule has 3 N–H and O–H groups in total. The van der Waals surface area contributed by atoms with Gasteiger partial charge in [-0.1, -0.05) is 30.3 Å². The number of rotatable bonds is 4. The van der Waals surface area contributed by atoms with Crippen LogP contribution in [0.3, 0.4) is 0 Å². The highest BCUT2D eigenvalue weighted by Gasteiger charge is 2.27. The number of hydrogen-bond donors (Lipinski definition) is 2. The van der Waals surface area contributed by atoms with Crippen molar-refractivity contribution in [2.45, 2.75) is 25.5 Å². The van der Waals surface area contributed by atoms with Crippen LogP contribution in [0.2, 0.25) is 0 Å². The highest BCUT2D eigenvalue weighted by Crippen LogP contribution is 2.15. The number of amides is 1. The smallest absolute Gasteiger partial charge is 0.244 e. The van der Waals surface area contributed by atoms with Crippen LogP contribution in [0.1, 0.15) is 25.5 Å². The quantitative estimate of drug-likeness (QED) is 0.852. The molecular weight excluding hydrogens is 266 g/mol. The molecule has 1 aliphatic rings. The van der Waals surface area contributed by atoms with Crippen LogP contribution in [0, 0.1) is 0 Å². The maximum absolute atomic E-state index is 12.4. The van der Waals surface area contributed by atoms with Gasteiger partial charge in [0.05, 0.1) is 5.60 Å². The van der Waals surface area contributed by atoms with E-state index in [4.69, 9.17) is 5.73 Å². The van der Waals surface area contributed by atoms with Crippen LogP contribution in [0.4, 0.5) is 0 Å². The number of hydrogen-bond acceptors (Lipinski definition) is 4. The summed E-state index contributed by atoms with van der Waals surface area (Å²) in [5.41, 5.74) is 6.21. The number of carbonyl (C=O) groups is 1. The number of nitrogens with two attached hydrogens (primary N) is 1. The van der Waals surface area contributed by atoms with E-state index in [1.807, 2.05) is 35.2 Å². The number of carbonyl (C=O) groups excluding carboxylic acids is 1. The number of piperazine rings is 1. The predicted octanol–water partition coefficient (Wildman–Crippen LogP) is 0.602. The summed E-state index contributed by atoms with van der Waals surface area (Å²) >= 11 is 0. The van der Waals surface area contributed by atoms with E-state index in [2.05, 4.69) is 4.90 Å². The van der Waals surface area contributed by atoms with E-state index in [0.717, 1.165) is 18.7 Å². The first kappa shape index (κ1) is 15.9. The van der Waals surface area contributed by atoms with Gasteiger partial charge in [0, 0.05) is 32.7 Å². The molecule has 1 atom stereocenters. The van der Waals surface area contributed by atoms with Crippen LogP contribution in [-0.2, 0) is 4.79 Å². The third kappa shape index (κ3) is 4.52. The summed E-state index contributed by atoms with van der Waals surface area (Å²) in [4.78, 5) is 16.4. The van der Waals surface area contributed by atoms with Gasteiger partial charge < -0.3 is 15.7 Å². The van der Waals surface area contributed by atoms with E-state index < -0.39 is 11.6 Å². The van der Waals surface area contributed by atoms with Gasteiger partial charge in [-0.15, -0.1) is 0 Å². The topological polar surface area (TPSA) is 69.8 Å². The highest BCUT2D eigenvalue weighted by molar-refractivity contribution is 5.83. The number of nitrogens with zero attached hydrogens (tertiary/aromatic N) is 2. The zero-order valence-electron chi connectivity index (χ0n) is 12.8. The average Bonchev–Trinajstić information content (AvgIpc) is 2.46. The lowest BCUT2D eigenvalue weighted by Gasteiger charge is -2.38. The molecule has 5 nitrogen and oxygen atoms in total. The van der Waals surface area contributed by atoms with Crippen LogP contribution >= 0.6 is 0 Å². The van der Waals surface area contributed by atoms with Gasteiger partial charge in [-0.05, 0) is 19.4 Å². The Kier molecular flexibility index (Phi) is 4.98. The highest BCUT2D eigenvalue weighted by atomic mass is 16.3. The molecular formula is C16H25N3O2. The number of aliphatic hydroxyl groups is 1. The molecule has 1 aromatic rings. The predicted molar refractivity (Wildman–Crippen MR) is 82.7 cm³/mol. The van der Waals surface area contributed by atoms with Crippen LogP contribution in [0.15, 0.2) is 30.3 Å². The second kappa shape index (κ2) is 6.56. The lowest BCUT2D eigenvalue weighted by atomic mass is 10.1. The van der Waals surface area contributed by atoms with Crippen molar-refractivity contribution in [2.24, 2.45) is 5.73 Å². The summed E-state index contributed by atoms with van der Waals surface area (Å²) in [6.45, 7) is 7.10. The monoisotopic (exact) mass is 291 g/mol. The van der Waals surface area contributed by atoms with Gasteiger partial charge in [-0.3, -0.25) is 9.69 Å². The first-order valence-corrected chi connectivity index (χ1v) is 7.41. The van der Waals surface area contributed by atoms with Crippen molar-refractivity contribution >= 4 is 5.91 Å². The molecule has 1 fully saturated rings. The van der Waals surface area contributed by atoms with Crippen molar-refractivity contribution in [1.29, 1.82) is 0 Å². The summed E-state index contributed by atoms with van der Waals surface area (Å²) in [5.74, 6) is -0.0240. The lowest BCUT2D eigenvalue weighted by Crippen LogP contribution is -2.53. The van der Waals surface area contributed by atoms with Crippen LogP contribution in [-0.4, -0.2) is 59.1 Å². The molecule has 5 heteroatoms. The molecule has 0 saturated carbocycles. The molecule has 2 rings (SSSR count). The lowest BCUT2D eigenvalue weighted by molar-refractivity contribution is -0.134. The Labute approximate surface area is 126 Å². The van der Waals surface area contributed by atoms with Gasteiger partial charge in [0.2, 0.25) is 5.91 Å². The Bertz CT molecular complexity index is 462. The Balaban J connectivity index is 1.89. The van der Waals surface area contributed by atoms with E-state index in [0.29, 0.717) is 19.6 Å². The van der Waals surface area contributed by atoms with Gasteiger partial charge in [0.25, 0.3) is 0 Å². The van der Waals surface area contributed by atoms with Crippen LogP contribution < -0.4 is 5.73 Å². The van der Waals surface area contributed by atoms with Crippen molar-refractivity contribution < 1.29 is 9.90 Å². The molecule has 1 aliphatic heterocycles. The van der Waals surface area contributed by atoms with E-state index in [1.54, 1.807) is 13.8 Å². The van der Waals surface area contributed by atoms with E-state index >= 15 is 0 Å². The Hall–Kier alpha value is -1.43. The average molecular weight is 291 g/mol. The molecule has 0 unspecified atom stereocenters. The molecule has 1 heterocycles. The van der Waals surface area contributed by atoms with E-state index in [1.165, 1.54) is 0 Å². The molecule has 1 aromatic carbocycles. The molecule has 0 bridgehead atoms. The van der Waals surface area contributed by atoms with Crippen molar-refractivity contribution in [3.63, 3.8) is 0 Å². The SMILES string of the molecule is CC(C)(O)CN1CCN(C(=O)[C@@H](N)c2ccccc2)CC1. The molecule has 1 saturated heterocycles. The normalized spacial score (nSPS) is 18.6. The fraction of sp³-hybridized carbons (Fsp3) is 0.562. The summed E-state index contributed by atoms with van der Waals surface area (Å²) in [7, 11) is 0. The van der Waals surface area contributed by atoms with Gasteiger partial charge in [0.15, 0.2) is 0 Å². The van der Waals surface area contributed by atoms with Crippen LogP contribution in [0.25, 0.3) is 0 Å². The summed E-state index contributed by atoms with van der Waals surface area (Å²) in [5, 5.41) is 9.84. The Morgan fingerprint density at radius 1 is 1.24 bits per heavy atom. The minimum absolute atomic E-state index is 0.0240. The maximum Gasteiger partial charge on any atom is 0.244 e. The van der Waals surface area contributed by atoms with Crippen molar-refractivity contribution in [2.75, 3.05) is 32.7 Å². The first-order valence-electron chi connectivity index (χ1n) is 7.41. The van der Waals surface area contributed by atoms with Gasteiger partial charge >= 0.3 is 0 Å². The molecule has 0 radical (unpaired) electrons. The third-order valence-corrected chi connectivity index (χ3v) is 3.72. The van der Waals surface area contributed by atoms with Gasteiger partial charge in [0.1, 0.15) is 6.04 Å². The van der Waals surface area contributed by atoms with E-state index in [9.17, 15) is 9.90 Å². The minimum Gasteiger partial charge on any atom is -0.389 e. The summed E-state index contributed by atoms with van der Waals surface area (Å²) in [6, 6.07) is 8.87. The molecule has 0 spiro atoms. The molecule has 0 aromatic heterocycles. The van der Waals surface area contributed by atoms with E-state index in [-0.39, 0.29) is 5.91 Å². The van der Waals surface area contributed by atoms with Crippen molar-refractivity contribution in [3.05, 3.63) is 35.9 Å². The van der Waals surface area contributed by atoms with Crippen molar-refractivity contribution in [3.8, 4) is 0 Å². The van der Waals surface area contributed by atoms with Crippen molar-refractivity contribution in [1.82, 2.24) is 9.80 Å². The second-order valence-corrected chi connectivity index (χ2v) is 6.30. The summed E-state index contributed by atoms with van der Waals surface area (Å²) < 4.78 is 0. The standard InChI is InChI=1S/C16H25N3O2/c1-16(2,21)12-18-8-10-19(11-9-18)15(20)14(17)13-6-4-3-5-7-13/h3-7,14,21H,8-12,17H2,1-2H3/t14-/m0/s1. The Morgan fingerprint density at radius 2 is 1.81 bits per heavy atom. The number of β-amino-alcohol motifs (C(OH)–C–C–N with tert-alkyl or cyclic N) is 1. The fourth-order valence-electron chi connectivity index (χ4n) is 2.67. The Morgan fingerprint density at radius 3 is 2.33 bits per heavy atom. The first-order chi connectivity index (χ1) is 9.87. The molecule has 1 amide bonds. The molecule has 21 heavy (non-hydrogen) atoms. The van der Waals surface area contributed by atoms with Gasteiger partial charge in [-0.2, -0.15) is 0 Å². The number of benzene rings is 1. The van der Waals surface area contributed by atoms with Gasteiger partial charge in [-0.25, -0.2) is 0 Å². The summed E-state index contributed by atoms with van der Waals surface area (Å²) in [6.07, 6.45) is 0. The zero-order valence-corrected chi connectivity index (χ0v) is 12.8. The second-order valence-electron chi connectivity index (χ2n) is 6.30. The van der Waals surface area contributed by atoms with Crippen LogP contribution in [0.5, 0.6) is 0 Å². The third-order valence-electron chi connectivity index (χ3n) is 3.72. The zero-order chi connectivity index (χ0) is 15.5. The molecule has 0 aliphatic carbocycles.